The van der Waals surface area contributed by atoms with Gasteiger partial charge in [0.05, 0.1) is 0 Å². The van der Waals surface area contributed by atoms with Gasteiger partial charge < -0.3 is 4.74 Å². The van der Waals surface area contributed by atoms with E-state index in [1.165, 1.54) is 5.57 Å². The molecule has 0 aliphatic carbocycles. The molecule has 0 aliphatic rings. The highest BCUT2D eigenvalue weighted by Crippen LogP contribution is 2.12. The van der Waals surface area contributed by atoms with Crippen molar-refractivity contribution in [2.45, 2.75) is 40.0 Å². The normalized spacial score (nSPS) is 11.6. The van der Waals surface area contributed by atoms with Gasteiger partial charge in [0.1, 0.15) is 0 Å². The Morgan fingerprint density at radius 3 is 2.57 bits per heavy atom. The Balaban J connectivity index is 3.64. The van der Waals surface area contributed by atoms with Gasteiger partial charge in [0.25, 0.3) is 0 Å². The molecule has 0 aromatic carbocycles. The van der Waals surface area contributed by atoms with E-state index in [4.69, 9.17) is 0 Å². The van der Waals surface area contributed by atoms with Gasteiger partial charge in [-0.15, -0.1) is 0 Å². The number of rotatable bonds is 6. The second kappa shape index (κ2) is 7.30. The van der Waals surface area contributed by atoms with Crippen molar-refractivity contribution in [1.29, 1.82) is 0 Å². The van der Waals surface area contributed by atoms with Crippen LogP contribution in [0.1, 0.15) is 40.0 Å². The summed E-state index contributed by atoms with van der Waals surface area (Å²) >= 11 is 0. The van der Waals surface area contributed by atoms with Crippen LogP contribution in [0.25, 0.3) is 0 Å². The van der Waals surface area contributed by atoms with Gasteiger partial charge in [-0.1, -0.05) is 18.6 Å². The summed E-state index contributed by atoms with van der Waals surface area (Å²) in [4.78, 5) is 20.7. The van der Waals surface area contributed by atoms with Crippen LogP contribution in [0.5, 0.6) is 0 Å². The average molecular weight is 198 g/mol. The molecule has 0 amide bonds. The van der Waals surface area contributed by atoms with Crippen LogP contribution in [0.3, 0.4) is 0 Å². The van der Waals surface area contributed by atoms with Gasteiger partial charge >= 0.3 is 12.4 Å². The zero-order valence-electron chi connectivity index (χ0n) is 9.08. The maximum atomic E-state index is 10.9. The lowest BCUT2D eigenvalue weighted by atomic mass is 10.0. The van der Waals surface area contributed by atoms with Crippen molar-refractivity contribution in [2.24, 2.45) is 5.92 Å². The van der Waals surface area contributed by atoms with Crippen LogP contribution in [0.4, 0.5) is 0 Å². The van der Waals surface area contributed by atoms with Gasteiger partial charge in [0.15, 0.2) is 0 Å². The molecule has 0 aliphatic heterocycles. The van der Waals surface area contributed by atoms with Gasteiger partial charge in [0.2, 0.25) is 0 Å². The lowest BCUT2D eigenvalue weighted by molar-refractivity contribution is -0.152. The molecule has 0 rings (SSSR count). The van der Waals surface area contributed by atoms with E-state index in [-0.39, 0.29) is 12.4 Å². The zero-order chi connectivity index (χ0) is 11.0. The molecule has 0 N–H and O–H groups in total. The number of hydrogen-bond donors (Lipinski definition) is 0. The molecular formula is C11H18O3. The summed E-state index contributed by atoms with van der Waals surface area (Å²) in [6.45, 7) is 6.26. The summed E-state index contributed by atoms with van der Waals surface area (Å²) in [6.07, 6.45) is 4.37. The van der Waals surface area contributed by atoms with Gasteiger partial charge in [0, 0.05) is 6.42 Å². The van der Waals surface area contributed by atoms with E-state index in [0.29, 0.717) is 6.42 Å². The Bertz CT molecular complexity index is 215. The Morgan fingerprint density at radius 1 is 1.43 bits per heavy atom. The molecule has 0 radical (unpaired) electrons. The minimum Gasteiger partial charge on any atom is -0.395 e. The van der Waals surface area contributed by atoms with E-state index in [1.54, 1.807) is 0 Å². The number of esters is 1. The Hall–Kier alpha value is -1.12. The van der Waals surface area contributed by atoms with Crippen molar-refractivity contribution in [3.05, 3.63) is 11.6 Å². The SMILES string of the molecule is CC(C)=CCC[C@@H](C)CC(=O)OC=O. The monoisotopic (exact) mass is 198 g/mol. The van der Waals surface area contributed by atoms with E-state index < -0.39 is 5.97 Å². The van der Waals surface area contributed by atoms with Gasteiger partial charge in [-0.2, -0.15) is 0 Å². The van der Waals surface area contributed by atoms with Crippen LogP contribution in [0.15, 0.2) is 11.6 Å². The second-order valence-corrected chi connectivity index (χ2v) is 3.75. The van der Waals surface area contributed by atoms with Crippen molar-refractivity contribution >= 4 is 12.4 Å². The molecular weight excluding hydrogens is 180 g/mol. The molecule has 0 bridgehead atoms. The van der Waals surface area contributed by atoms with E-state index in [9.17, 15) is 9.59 Å². The van der Waals surface area contributed by atoms with Gasteiger partial charge in [-0.3, -0.25) is 9.59 Å². The fraction of sp³-hybridized carbons (Fsp3) is 0.636. The summed E-state index contributed by atoms with van der Waals surface area (Å²) in [6, 6.07) is 0. The molecule has 1 atom stereocenters. The van der Waals surface area contributed by atoms with Gasteiger partial charge in [-0.05, 0) is 32.6 Å². The number of carbonyl (C=O) groups excluding carboxylic acids is 2. The third-order valence-corrected chi connectivity index (χ3v) is 1.91. The largest absolute Gasteiger partial charge is 0.395 e. The maximum Gasteiger partial charge on any atom is 0.313 e. The van der Waals surface area contributed by atoms with Crippen LogP contribution in [0.2, 0.25) is 0 Å². The third kappa shape index (κ3) is 7.53. The van der Waals surface area contributed by atoms with Crippen molar-refractivity contribution in [1.82, 2.24) is 0 Å². The van der Waals surface area contributed by atoms with Crippen molar-refractivity contribution in [3.8, 4) is 0 Å². The van der Waals surface area contributed by atoms with Crippen LogP contribution in [-0.2, 0) is 14.3 Å². The topological polar surface area (TPSA) is 43.4 Å². The predicted molar refractivity (Wildman–Crippen MR) is 54.6 cm³/mol. The minimum atomic E-state index is -0.440. The van der Waals surface area contributed by atoms with Crippen LogP contribution >= 0.6 is 0 Å². The molecule has 0 aromatic rings. The molecule has 0 saturated carbocycles. The first kappa shape index (κ1) is 12.9. The molecule has 0 aromatic heterocycles. The predicted octanol–water partition coefficient (Wildman–Crippen LogP) is 2.46. The summed E-state index contributed by atoms with van der Waals surface area (Å²) in [5.41, 5.74) is 1.28. The molecule has 0 spiro atoms. The average Bonchev–Trinajstić information content (AvgIpc) is 2.03. The van der Waals surface area contributed by atoms with Crippen LogP contribution in [-0.4, -0.2) is 12.4 Å². The Kier molecular flexibility index (Phi) is 6.72. The molecule has 0 unspecified atom stereocenters. The number of carbonyl (C=O) groups is 2. The number of allylic oxidation sites excluding steroid dienone is 2. The zero-order valence-corrected chi connectivity index (χ0v) is 9.08. The number of hydrogen-bond acceptors (Lipinski definition) is 3. The molecule has 0 heterocycles. The molecule has 3 nitrogen and oxygen atoms in total. The Labute approximate surface area is 85.1 Å². The highest BCUT2D eigenvalue weighted by Gasteiger charge is 2.08. The molecule has 0 fully saturated rings. The van der Waals surface area contributed by atoms with E-state index >= 15 is 0 Å². The fourth-order valence-corrected chi connectivity index (χ4v) is 1.14. The highest BCUT2D eigenvalue weighted by atomic mass is 16.6. The number of ether oxygens (including phenoxy) is 1. The Morgan fingerprint density at radius 2 is 2.07 bits per heavy atom. The first-order chi connectivity index (χ1) is 6.56. The maximum absolute atomic E-state index is 10.9. The van der Waals surface area contributed by atoms with Crippen LogP contribution in [0, 0.1) is 5.92 Å². The van der Waals surface area contributed by atoms with Gasteiger partial charge in [-0.25, -0.2) is 0 Å². The van der Waals surface area contributed by atoms with E-state index in [0.717, 1.165) is 12.8 Å². The lowest BCUT2D eigenvalue weighted by Crippen LogP contribution is -2.08. The van der Waals surface area contributed by atoms with E-state index in [1.807, 2.05) is 20.8 Å². The highest BCUT2D eigenvalue weighted by molar-refractivity contribution is 5.76. The van der Waals surface area contributed by atoms with Crippen molar-refractivity contribution in [2.75, 3.05) is 0 Å². The molecule has 3 heteroatoms. The quantitative estimate of drug-likeness (QED) is 0.285. The van der Waals surface area contributed by atoms with Crippen LogP contribution < -0.4 is 0 Å². The summed E-state index contributed by atoms with van der Waals surface area (Å²) in [7, 11) is 0. The van der Waals surface area contributed by atoms with Crippen molar-refractivity contribution < 1.29 is 14.3 Å². The second-order valence-electron chi connectivity index (χ2n) is 3.75. The first-order valence-corrected chi connectivity index (χ1v) is 4.82. The van der Waals surface area contributed by atoms with E-state index in [2.05, 4.69) is 10.8 Å². The summed E-state index contributed by atoms with van der Waals surface area (Å²) < 4.78 is 4.21. The third-order valence-electron chi connectivity index (χ3n) is 1.91. The standard InChI is InChI=1S/C11H18O3/c1-9(2)5-4-6-10(3)7-11(13)14-8-12/h5,8,10H,4,6-7H2,1-3H3/t10-/m1/s1. The fourth-order valence-electron chi connectivity index (χ4n) is 1.14. The molecule has 14 heavy (non-hydrogen) atoms. The molecule has 80 valence electrons. The lowest BCUT2D eigenvalue weighted by Gasteiger charge is -2.07. The first-order valence-electron chi connectivity index (χ1n) is 4.82. The smallest absolute Gasteiger partial charge is 0.313 e. The van der Waals surface area contributed by atoms with Crippen molar-refractivity contribution in [3.63, 3.8) is 0 Å². The summed E-state index contributed by atoms with van der Waals surface area (Å²) in [5.74, 6) is -0.178. The summed E-state index contributed by atoms with van der Waals surface area (Å²) in [5, 5.41) is 0. The minimum absolute atomic E-state index is 0.186. The molecule has 0 saturated heterocycles.